The van der Waals surface area contributed by atoms with Crippen LogP contribution in [0.25, 0.3) is 0 Å². The standard InChI is InChI=1S/C18H27F3N2O/c19-18(20,21)14-6-4-7-15(12-14)22-16(24)23-11-5-10-17(13-23)8-2-1-3-9-17/h1-2,14-15H,3-13H2,(H,22,24)/t14-,15-,17-/m1/s1. The average molecular weight is 344 g/mol. The lowest BCUT2D eigenvalue weighted by atomic mass is 9.71. The molecule has 6 heteroatoms. The minimum absolute atomic E-state index is 0.0248. The van der Waals surface area contributed by atoms with Crippen molar-refractivity contribution in [2.75, 3.05) is 13.1 Å². The molecule has 2 aliphatic carbocycles. The zero-order chi connectivity index (χ0) is 17.2. The Morgan fingerprint density at radius 3 is 2.71 bits per heavy atom. The number of amides is 2. The van der Waals surface area contributed by atoms with Gasteiger partial charge in [-0.25, -0.2) is 4.79 Å². The van der Waals surface area contributed by atoms with Crippen molar-refractivity contribution in [1.82, 2.24) is 10.2 Å². The molecule has 2 fully saturated rings. The van der Waals surface area contributed by atoms with Crippen LogP contribution < -0.4 is 5.32 Å². The van der Waals surface area contributed by atoms with Crippen molar-refractivity contribution in [2.24, 2.45) is 11.3 Å². The Hall–Kier alpha value is -1.20. The van der Waals surface area contributed by atoms with Gasteiger partial charge in [0.2, 0.25) is 0 Å². The molecule has 1 saturated heterocycles. The first kappa shape index (κ1) is 17.6. The lowest BCUT2D eigenvalue weighted by Crippen LogP contribution is -2.53. The largest absolute Gasteiger partial charge is 0.391 e. The van der Waals surface area contributed by atoms with E-state index < -0.39 is 12.1 Å². The molecule has 3 aliphatic rings. The van der Waals surface area contributed by atoms with Crippen LogP contribution in [0.1, 0.15) is 57.8 Å². The Kier molecular flexibility index (Phi) is 5.11. The number of hydrogen-bond donors (Lipinski definition) is 1. The van der Waals surface area contributed by atoms with Crippen molar-refractivity contribution in [1.29, 1.82) is 0 Å². The Labute approximate surface area is 141 Å². The molecule has 0 unspecified atom stereocenters. The second-order valence-corrected chi connectivity index (χ2v) is 7.79. The van der Waals surface area contributed by atoms with Crippen molar-refractivity contribution < 1.29 is 18.0 Å². The number of nitrogens with zero attached hydrogens (tertiary/aromatic N) is 1. The molecule has 1 saturated carbocycles. The Balaban J connectivity index is 1.55. The fraction of sp³-hybridized carbons (Fsp3) is 0.833. The molecule has 136 valence electrons. The highest BCUT2D eigenvalue weighted by Gasteiger charge is 2.43. The molecule has 2 amide bonds. The SMILES string of the molecule is O=C(N[C@@H]1CCC[C@@H](C(F)(F)F)C1)N1CCC[C@]2(CC=CCC2)C1. The van der Waals surface area contributed by atoms with E-state index in [1.807, 2.05) is 4.90 Å². The van der Waals surface area contributed by atoms with Gasteiger partial charge in [0.25, 0.3) is 0 Å². The van der Waals surface area contributed by atoms with Crippen LogP contribution in [-0.2, 0) is 0 Å². The number of alkyl halides is 3. The molecule has 1 N–H and O–H groups in total. The number of nitrogens with one attached hydrogen (secondary N) is 1. The topological polar surface area (TPSA) is 32.3 Å². The zero-order valence-electron chi connectivity index (χ0n) is 14.1. The predicted octanol–water partition coefficient (Wildman–Crippen LogP) is 4.64. The van der Waals surface area contributed by atoms with Crippen molar-refractivity contribution in [3.05, 3.63) is 12.2 Å². The minimum Gasteiger partial charge on any atom is -0.335 e. The molecular formula is C18H27F3N2O. The van der Waals surface area contributed by atoms with Gasteiger partial charge in [-0.3, -0.25) is 0 Å². The summed E-state index contributed by atoms with van der Waals surface area (Å²) in [6.45, 7) is 1.45. The molecule has 3 atom stereocenters. The zero-order valence-corrected chi connectivity index (χ0v) is 14.1. The molecular weight excluding hydrogens is 317 g/mol. The lowest BCUT2D eigenvalue weighted by molar-refractivity contribution is -0.183. The van der Waals surface area contributed by atoms with E-state index in [0.29, 0.717) is 19.4 Å². The van der Waals surface area contributed by atoms with E-state index in [4.69, 9.17) is 0 Å². The average Bonchev–Trinajstić information content (AvgIpc) is 2.55. The summed E-state index contributed by atoms with van der Waals surface area (Å²) in [6.07, 6.45) is 6.96. The number of likely N-dealkylation sites (tertiary alicyclic amines) is 1. The molecule has 1 heterocycles. The van der Waals surface area contributed by atoms with E-state index in [1.165, 1.54) is 0 Å². The molecule has 0 aromatic heterocycles. The summed E-state index contributed by atoms with van der Waals surface area (Å²) < 4.78 is 38.7. The molecule has 3 rings (SSSR count). The number of carbonyl (C=O) groups excluding carboxylic acids is 1. The number of carbonyl (C=O) groups is 1. The summed E-state index contributed by atoms with van der Waals surface area (Å²) in [5.41, 5.74) is 0.186. The molecule has 0 radical (unpaired) electrons. The first-order valence-electron chi connectivity index (χ1n) is 9.15. The summed E-state index contributed by atoms with van der Waals surface area (Å²) in [5, 5.41) is 2.88. The minimum atomic E-state index is -4.15. The maximum atomic E-state index is 12.9. The van der Waals surface area contributed by atoms with Crippen LogP contribution >= 0.6 is 0 Å². The van der Waals surface area contributed by atoms with Gasteiger partial charge < -0.3 is 10.2 Å². The van der Waals surface area contributed by atoms with Crippen LogP contribution in [-0.4, -0.2) is 36.2 Å². The molecule has 0 bridgehead atoms. The quantitative estimate of drug-likeness (QED) is 0.691. The number of hydrogen-bond acceptors (Lipinski definition) is 1. The molecule has 3 nitrogen and oxygen atoms in total. The first-order chi connectivity index (χ1) is 11.4. The van der Waals surface area contributed by atoms with Crippen molar-refractivity contribution in [3.63, 3.8) is 0 Å². The van der Waals surface area contributed by atoms with Crippen molar-refractivity contribution in [3.8, 4) is 0 Å². The maximum Gasteiger partial charge on any atom is 0.391 e. The third-order valence-electron chi connectivity index (χ3n) is 5.97. The van der Waals surface area contributed by atoms with Crippen LogP contribution in [0.2, 0.25) is 0 Å². The fourth-order valence-electron chi connectivity index (χ4n) is 4.58. The van der Waals surface area contributed by atoms with Crippen LogP contribution in [0, 0.1) is 11.3 Å². The van der Waals surface area contributed by atoms with E-state index in [1.54, 1.807) is 0 Å². The summed E-state index contributed by atoms with van der Waals surface area (Å²) in [7, 11) is 0. The van der Waals surface area contributed by atoms with E-state index in [9.17, 15) is 18.0 Å². The molecule has 1 aliphatic heterocycles. The van der Waals surface area contributed by atoms with Gasteiger partial charge in [0, 0.05) is 19.1 Å². The first-order valence-corrected chi connectivity index (χ1v) is 9.15. The van der Waals surface area contributed by atoms with E-state index in [2.05, 4.69) is 17.5 Å². The number of urea groups is 1. The van der Waals surface area contributed by atoms with Crippen LogP contribution in [0.5, 0.6) is 0 Å². The van der Waals surface area contributed by atoms with Gasteiger partial charge in [0.1, 0.15) is 0 Å². The Morgan fingerprint density at radius 1 is 1.17 bits per heavy atom. The molecule has 0 aromatic carbocycles. The van der Waals surface area contributed by atoms with Gasteiger partial charge in [0.15, 0.2) is 0 Å². The van der Waals surface area contributed by atoms with E-state index in [-0.39, 0.29) is 30.3 Å². The summed E-state index contributed by atoms with van der Waals surface area (Å²) in [5.74, 6) is -1.27. The van der Waals surface area contributed by atoms with Gasteiger partial charge in [-0.15, -0.1) is 0 Å². The van der Waals surface area contributed by atoms with Gasteiger partial charge in [-0.1, -0.05) is 18.6 Å². The summed E-state index contributed by atoms with van der Waals surface area (Å²) in [4.78, 5) is 14.4. The second-order valence-electron chi connectivity index (χ2n) is 7.79. The van der Waals surface area contributed by atoms with Crippen LogP contribution in [0.3, 0.4) is 0 Å². The highest BCUT2D eigenvalue weighted by Crippen LogP contribution is 2.41. The summed E-state index contributed by atoms with van der Waals surface area (Å²) in [6, 6.07) is -0.515. The number of rotatable bonds is 1. The highest BCUT2D eigenvalue weighted by molar-refractivity contribution is 5.74. The Bertz CT molecular complexity index is 491. The molecule has 24 heavy (non-hydrogen) atoms. The Morgan fingerprint density at radius 2 is 2.00 bits per heavy atom. The highest BCUT2D eigenvalue weighted by atomic mass is 19.4. The summed E-state index contributed by atoms with van der Waals surface area (Å²) >= 11 is 0. The maximum absolute atomic E-state index is 12.9. The fourth-order valence-corrected chi connectivity index (χ4v) is 4.58. The number of allylic oxidation sites excluding steroid dienone is 2. The van der Waals surface area contributed by atoms with Crippen LogP contribution in [0.15, 0.2) is 12.2 Å². The third-order valence-corrected chi connectivity index (χ3v) is 5.97. The smallest absolute Gasteiger partial charge is 0.335 e. The second kappa shape index (κ2) is 6.96. The normalized spacial score (nSPS) is 34.4. The van der Waals surface area contributed by atoms with Gasteiger partial charge in [-0.05, 0) is 56.8 Å². The number of piperidine rings is 1. The van der Waals surface area contributed by atoms with Gasteiger partial charge in [-0.2, -0.15) is 13.2 Å². The number of halogens is 3. The third kappa shape index (κ3) is 4.06. The molecule has 1 spiro atoms. The predicted molar refractivity (Wildman–Crippen MR) is 86.6 cm³/mol. The van der Waals surface area contributed by atoms with Crippen molar-refractivity contribution in [2.45, 2.75) is 70.0 Å². The van der Waals surface area contributed by atoms with Crippen LogP contribution in [0.4, 0.5) is 18.0 Å². The molecule has 0 aromatic rings. The van der Waals surface area contributed by atoms with Crippen molar-refractivity contribution >= 4 is 6.03 Å². The van der Waals surface area contributed by atoms with Gasteiger partial charge >= 0.3 is 12.2 Å². The van der Waals surface area contributed by atoms with E-state index >= 15 is 0 Å². The van der Waals surface area contributed by atoms with E-state index in [0.717, 1.165) is 38.6 Å². The monoisotopic (exact) mass is 344 g/mol. The van der Waals surface area contributed by atoms with Gasteiger partial charge in [0.05, 0.1) is 5.92 Å². The lowest BCUT2D eigenvalue weighted by Gasteiger charge is -2.44.